The number of halogens is 2. The summed E-state index contributed by atoms with van der Waals surface area (Å²) in [5.74, 6) is -1.73. The van der Waals surface area contributed by atoms with E-state index in [2.05, 4.69) is 15.3 Å². The van der Waals surface area contributed by atoms with Crippen molar-refractivity contribution in [2.45, 2.75) is 6.54 Å². The van der Waals surface area contributed by atoms with Gasteiger partial charge in [-0.1, -0.05) is 0 Å². The van der Waals surface area contributed by atoms with Crippen LogP contribution in [0.2, 0.25) is 0 Å². The maximum absolute atomic E-state index is 12.9. The molecule has 0 aliphatic carbocycles. The topological polar surface area (TPSA) is 37.8 Å². The van der Waals surface area contributed by atoms with E-state index < -0.39 is 11.6 Å². The van der Waals surface area contributed by atoms with Crippen LogP contribution < -0.4 is 5.32 Å². The molecule has 2 rings (SSSR count). The Balaban J connectivity index is 2.03. The Hall–Kier alpha value is -2.04. The molecule has 0 bridgehead atoms. The lowest BCUT2D eigenvalue weighted by Crippen LogP contribution is -2.02. The van der Waals surface area contributed by atoms with Crippen LogP contribution in [0.25, 0.3) is 0 Å². The molecular formula is C11H9F2N3. The Labute approximate surface area is 91.2 Å². The number of hydrogen-bond donors (Lipinski definition) is 1. The lowest BCUT2D eigenvalue weighted by Gasteiger charge is -2.05. The largest absolute Gasteiger partial charge is 0.379 e. The van der Waals surface area contributed by atoms with Gasteiger partial charge in [0, 0.05) is 24.1 Å². The fourth-order valence-electron chi connectivity index (χ4n) is 1.22. The predicted octanol–water partition coefficient (Wildman–Crippen LogP) is 2.37. The van der Waals surface area contributed by atoms with Gasteiger partial charge in [0.05, 0.1) is 18.4 Å². The van der Waals surface area contributed by atoms with Crippen LogP contribution in [0.15, 0.2) is 36.8 Å². The molecule has 0 aliphatic heterocycles. The van der Waals surface area contributed by atoms with Crippen molar-refractivity contribution in [1.29, 1.82) is 0 Å². The quantitative estimate of drug-likeness (QED) is 0.864. The van der Waals surface area contributed by atoms with Crippen molar-refractivity contribution in [2.24, 2.45) is 0 Å². The van der Waals surface area contributed by atoms with Gasteiger partial charge in [-0.3, -0.25) is 9.97 Å². The molecule has 0 aliphatic rings. The third kappa shape index (κ3) is 2.50. The van der Waals surface area contributed by atoms with Gasteiger partial charge in [0.25, 0.3) is 0 Å². The summed E-state index contributed by atoms with van der Waals surface area (Å²) in [6, 6.07) is 3.65. The monoisotopic (exact) mass is 221 g/mol. The van der Waals surface area contributed by atoms with Gasteiger partial charge in [-0.15, -0.1) is 0 Å². The number of nitrogens with zero attached hydrogens (tertiary/aromatic N) is 2. The van der Waals surface area contributed by atoms with Crippen LogP contribution >= 0.6 is 0 Å². The highest BCUT2D eigenvalue weighted by molar-refractivity contribution is 5.43. The average molecular weight is 221 g/mol. The van der Waals surface area contributed by atoms with Crippen LogP contribution in [0.4, 0.5) is 14.5 Å². The second-order valence-corrected chi connectivity index (χ2v) is 3.18. The molecule has 2 aromatic rings. The normalized spacial score (nSPS) is 10.1. The van der Waals surface area contributed by atoms with Gasteiger partial charge in [0.2, 0.25) is 0 Å². The maximum Gasteiger partial charge on any atom is 0.160 e. The molecule has 0 unspecified atom stereocenters. The minimum atomic E-state index is -0.871. The van der Waals surface area contributed by atoms with Gasteiger partial charge in [-0.2, -0.15) is 0 Å². The first-order chi connectivity index (χ1) is 7.75. The van der Waals surface area contributed by atoms with E-state index in [0.717, 1.165) is 17.8 Å². The average Bonchev–Trinajstić information content (AvgIpc) is 2.32. The molecular weight excluding hydrogens is 212 g/mol. The zero-order valence-corrected chi connectivity index (χ0v) is 8.32. The van der Waals surface area contributed by atoms with Crippen molar-refractivity contribution in [3.63, 3.8) is 0 Å². The highest BCUT2D eigenvalue weighted by Crippen LogP contribution is 2.13. The molecule has 16 heavy (non-hydrogen) atoms. The second kappa shape index (κ2) is 4.65. The molecule has 1 aromatic carbocycles. The number of anilines is 1. The number of nitrogens with one attached hydrogen (secondary N) is 1. The summed E-state index contributed by atoms with van der Waals surface area (Å²) >= 11 is 0. The Morgan fingerprint density at radius 2 is 2.00 bits per heavy atom. The Morgan fingerprint density at radius 3 is 2.69 bits per heavy atom. The molecule has 0 fully saturated rings. The van der Waals surface area contributed by atoms with E-state index in [1.54, 1.807) is 18.6 Å². The molecule has 3 nitrogen and oxygen atoms in total. The van der Waals surface area contributed by atoms with Gasteiger partial charge in [-0.25, -0.2) is 8.78 Å². The fourth-order valence-corrected chi connectivity index (χ4v) is 1.22. The maximum atomic E-state index is 12.9. The Bertz CT molecular complexity index is 474. The zero-order chi connectivity index (χ0) is 11.4. The Kier molecular flexibility index (Phi) is 3.05. The highest BCUT2D eigenvalue weighted by atomic mass is 19.2. The van der Waals surface area contributed by atoms with Crippen LogP contribution in [0.1, 0.15) is 5.69 Å². The van der Waals surface area contributed by atoms with E-state index in [9.17, 15) is 8.78 Å². The lowest BCUT2D eigenvalue weighted by atomic mass is 10.3. The second-order valence-electron chi connectivity index (χ2n) is 3.18. The lowest BCUT2D eigenvalue weighted by molar-refractivity contribution is 0.509. The summed E-state index contributed by atoms with van der Waals surface area (Å²) in [7, 11) is 0. The first-order valence-electron chi connectivity index (χ1n) is 4.69. The standard InChI is InChI=1S/C11H9F2N3/c12-10-2-1-8(5-11(10)13)16-7-9-6-14-3-4-15-9/h1-6,16H,7H2. The molecule has 5 heteroatoms. The SMILES string of the molecule is Fc1ccc(NCc2cnccn2)cc1F. The zero-order valence-electron chi connectivity index (χ0n) is 8.32. The summed E-state index contributed by atoms with van der Waals surface area (Å²) in [4.78, 5) is 7.93. The van der Waals surface area contributed by atoms with Crippen molar-refractivity contribution in [3.05, 3.63) is 54.1 Å². The minimum Gasteiger partial charge on any atom is -0.379 e. The van der Waals surface area contributed by atoms with Crippen molar-refractivity contribution in [1.82, 2.24) is 9.97 Å². The van der Waals surface area contributed by atoms with E-state index in [1.165, 1.54) is 6.07 Å². The molecule has 0 spiro atoms. The summed E-state index contributed by atoms with van der Waals surface area (Å²) < 4.78 is 25.5. The van der Waals surface area contributed by atoms with Crippen LogP contribution in [-0.2, 0) is 6.54 Å². The highest BCUT2D eigenvalue weighted by Gasteiger charge is 2.02. The van der Waals surface area contributed by atoms with Gasteiger partial charge >= 0.3 is 0 Å². The molecule has 0 saturated heterocycles. The molecule has 1 aromatic heterocycles. The minimum absolute atomic E-state index is 0.416. The third-order valence-electron chi connectivity index (χ3n) is 2.01. The van der Waals surface area contributed by atoms with Crippen molar-refractivity contribution < 1.29 is 8.78 Å². The first kappa shape index (κ1) is 10.5. The summed E-state index contributed by atoms with van der Waals surface area (Å²) in [6.07, 6.45) is 4.75. The van der Waals surface area contributed by atoms with E-state index >= 15 is 0 Å². The summed E-state index contributed by atoms with van der Waals surface area (Å²) in [5, 5.41) is 2.92. The van der Waals surface area contributed by atoms with Gasteiger partial charge in [0.15, 0.2) is 11.6 Å². The van der Waals surface area contributed by atoms with Crippen LogP contribution in [0.3, 0.4) is 0 Å². The molecule has 0 amide bonds. The van der Waals surface area contributed by atoms with Gasteiger partial charge in [-0.05, 0) is 12.1 Å². The van der Waals surface area contributed by atoms with Crippen molar-refractivity contribution >= 4 is 5.69 Å². The third-order valence-corrected chi connectivity index (χ3v) is 2.01. The van der Waals surface area contributed by atoms with Crippen LogP contribution in [-0.4, -0.2) is 9.97 Å². The van der Waals surface area contributed by atoms with Gasteiger partial charge in [0.1, 0.15) is 0 Å². The fraction of sp³-hybridized carbons (Fsp3) is 0.0909. The number of hydrogen-bond acceptors (Lipinski definition) is 3. The number of rotatable bonds is 3. The van der Waals surface area contributed by atoms with Crippen molar-refractivity contribution in [2.75, 3.05) is 5.32 Å². The first-order valence-corrected chi connectivity index (χ1v) is 4.69. The summed E-state index contributed by atoms with van der Waals surface area (Å²) in [5.41, 5.74) is 1.23. The molecule has 0 atom stereocenters. The van der Waals surface area contributed by atoms with Crippen LogP contribution in [0, 0.1) is 11.6 Å². The predicted molar refractivity (Wildman–Crippen MR) is 55.7 cm³/mol. The number of aromatic nitrogens is 2. The molecule has 82 valence electrons. The molecule has 0 radical (unpaired) electrons. The smallest absolute Gasteiger partial charge is 0.160 e. The van der Waals surface area contributed by atoms with Crippen LogP contribution in [0.5, 0.6) is 0 Å². The molecule has 1 heterocycles. The summed E-state index contributed by atoms with van der Waals surface area (Å²) in [6.45, 7) is 0.416. The van der Waals surface area contributed by atoms with E-state index in [-0.39, 0.29) is 0 Å². The Morgan fingerprint density at radius 1 is 1.12 bits per heavy atom. The van der Waals surface area contributed by atoms with Crippen molar-refractivity contribution in [3.8, 4) is 0 Å². The number of benzene rings is 1. The van der Waals surface area contributed by atoms with E-state index in [0.29, 0.717) is 12.2 Å². The van der Waals surface area contributed by atoms with E-state index in [1.807, 2.05) is 0 Å². The van der Waals surface area contributed by atoms with Gasteiger partial charge < -0.3 is 5.32 Å². The molecule has 0 saturated carbocycles. The molecule has 1 N–H and O–H groups in total. The van der Waals surface area contributed by atoms with E-state index in [4.69, 9.17) is 0 Å².